The van der Waals surface area contributed by atoms with Crippen molar-refractivity contribution in [2.45, 2.75) is 115 Å². The molecule has 20 nitrogen and oxygen atoms in total. The lowest BCUT2D eigenvalue weighted by molar-refractivity contribution is -0.634. The Balaban J connectivity index is 0.000000107. The van der Waals surface area contributed by atoms with Gasteiger partial charge in [0.1, 0.15) is 33.1 Å². The monoisotopic (exact) mass is 1520 g/mol. The number of hydrogen-bond donors (Lipinski definition) is 0. The number of benzene rings is 10. The summed E-state index contributed by atoms with van der Waals surface area (Å²) in [5, 5.41) is 0. The maximum absolute atomic E-state index is 5.54. The summed E-state index contributed by atoms with van der Waals surface area (Å²) >= 11 is 0. The summed E-state index contributed by atoms with van der Waals surface area (Å²) in [4.78, 5) is 22.3. The number of fused-ring (bicyclic) bond motifs is 10. The summed E-state index contributed by atoms with van der Waals surface area (Å²) in [7, 11) is 12.7. The first kappa shape index (κ1) is 75.0. The molecule has 0 bridgehead atoms. The van der Waals surface area contributed by atoms with Crippen molar-refractivity contribution in [1.82, 2.24) is 47.8 Å². The number of aryl methyl sites for hydroxylation is 12. The maximum Gasteiger partial charge on any atom is 0.292 e. The van der Waals surface area contributed by atoms with Gasteiger partial charge in [0.15, 0.2) is 115 Å². The van der Waals surface area contributed by atoms with Gasteiger partial charge in [-0.05, 0) is 201 Å². The fraction of sp³-hybridized carbons (Fsp3) is 0.255. The predicted molar refractivity (Wildman–Crippen MR) is 451 cm³/mol. The molecule has 20 rings (SSSR count). The van der Waals surface area contributed by atoms with Gasteiger partial charge in [-0.2, -0.15) is 0 Å². The molecule has 0 unspecified atom stereocenters. The van der Waals surface area contributed by atoms with Crippen molar-refractivity contribution >= 4 is 111 Å². The van der Waals surface area contributed by atoms with Crippen LogP contribution in [0.25, 0.3) is 168 Å². The first-order valence-corrected chi connectivity index (χ1v) is 39.0. The Morgan fingerprint density at radius 3 is 0.982 bits per heavy atom. The molecule has 20 aromatic rings. The fourth-order valence-corrected chi connectivity index (χ4v) is 17.1. The van der Waals surface area contributed by atoms with Crippen molar-refractivity contribution in [1.29, 1.82) is 0 Å². The molecule has 574 valence electrons. The predicted octanol–water partition coefficient (Wildman–Crippen LogP) is 19.5. The van der Waals surface area contributed by atoms with E-state index in [2.05, 4.69) is 355 Å². The van der Waals surface area contributed by atoms with E-state index in [1.807, 2.05) is 30.3 Å². The van der Waals surface area contributed by atoms with Gasteiger partial charge in [0.05, 0.1) is 89.2 Å². The highest BCUT2D eigenvalue weighted by Gasteiger charge is 2.37. The SMILES string of the molecule is CCn1c(-c2c(C)ccc3ocnc23)[n+](C)c2ccccc21.Cc1ccc2ocnc2c1-c1n(C(C)(C)C)c2ccccc2[n+]1C.Cc1ccc2ocnc2c1-c1n(C(C)C)c2ccccc2[n+]1C.Cc1ccc2ocnc2c1-c1n(C)c2ccccc2[n+]1C.Cc1ccc2ocnc2c1-c1n(CC(C)C)c2ccccc2[n+]1C. The molecule has 10 aromatic heterocycles. The Bertz CT molecular complexity index is 7010. The number of rotatable bonds is 9. The normalized spacial score (nSPS) is 11.9. The fourth-order valence-electron chi connectivity index (χ4n) is 17.1. The molecule has 0 atom stereocenters. The number of oxazole rings is 5. The average Bonchev–Trinajstić information content (AvgIpc) is 1.58. The Labute approximate surface area is 661 Å². The Kier molecular flexibility index (Phi) is 19.6. The molecule has 10 aromatic carbocycles. The van der Waals surface area contributed by atoms with Crippen LogP contribution in [0.1, 0.15) is 89.2 Å². The summed E-state index contributed by atoms with van der Waals surface area (Å²) in [6.45, 7) is 30.3. The molecule has 0 aliphatic carbocycles. The van der Waals surface area contributed by atoms with E-state index in [0.29, 0.717) is 12.0 Å². The minimum absolute atomic E-state index is 0.0610. The highest BCUT2D eigenvalue weighted by Crippen LogP contribution is 2.40. The molecule has 0 fully saturated rings. The van der Waals surface area contributed by atoms with E-state index in [-0.39, 0.29) is 5.54 Å². The molecular formula is C94H98N15O5+5. The topological polar surface area (TPSA) is 174 Å². The van der Waals surface area contributed by atoms with Crippen LogP contribution in [0.15, 0.2) is 236 Å². The molecule has 0 radical (unpaired) electrons. The van der Waals surface area contributed by atoms with E-state index in [1.54, 1.807) is 0 Å². The van der Waals surface area contributed by atoms with Gasteiger partial charge in [0.2, 0.25) is 0 Å². The van der Waals surface area contributed by atoms with Crippen molar-refractivity contribution in [3.8, 4) is 56.9 Å². The minimum Gasteiger partial charge on any atom is -0.443 e. The molecule has 0 aliphatic heterocycles. The third kappa shape index (κ3) is 12.7. The van der Waals surface area contributed by atoms with Crippen LogP contribution < -0.4 is 22.8 Å². The van der Waals surface area contributed by atoms with Crippen LogP contribution in [0.4, 0.5) is 0 Å². The third-order valence-electron chi connectivity index (χ3n) is 22.2. The number of para-hydroxylation sites is 10. The van der Waals surface area contributed by atoms with Crippen LogP contribution in [-0.4, -0.2) is 47.8 Å². The van der Waals surface area contributed by atoms with Crippen molar-refractivity contribution in [2.24, 2.45) is 48.2 Å². The zero-order valence-corrected chi connectivity index (χ0v) is 68.5. The second-order valence-electron chi connectivity index (χ2n) is 31.4. The van der Waals surface area contributed by atoms with Crippen LogP contribution in [0.2, 0.25) is 0 Å². The van der Waals surface area contributed by atoms with Crippen molar-refractivity contribution in [3.63, 3.8) is 0 Å². The van der Waals surface area contributed by atoms with Crippen LogP contribution in [0.3, 0.4) is 0 Å². The van der Waals surface area contributed by atoms with E-state index in [9.17, 15) is 0 Å². The first-order chi connectivity index (χ1) is 55.0. The minimum atomic E-state index is -0.0610. The zero-order valence-electron chi connectivity index (χ0n) is 68.5. The van der Waals surface area contributed by atoms with E-state index in [1.165, 1.54) is 132 Å². The average molecular weight is 1520 g/mol. The second-order valence-corrected chi connectivity index (χ2v) is 31.4. The van der Waals surface area contributed by atoms with Crippen molar-refractivity contribution in [3.05, 3.63) is 242 Å². The molecule has 0 saturated heterocycles. The number of imidazole rings is 5. The number of aromatic nitrogens is 15. The zero-order chi connectivity index (χ0) is 79.9. The lowest BCUT2D eigenvalue weighted by Crippen LogP contribution is -2.33. The van der Waals surface area contributed by atoms with E-state index < -0.39 is 0 Å². The highest BCUT2D eigenvalue weighted by molar-refractivity contribution is 5.96. The second kappa shape index (κ2) is 29.9. The van der Waals surface area contributed by atoms with Crippen LogP contribution in [0.5, 0.6) is 0 Å². The molecule has 20 heteroatoms. The Hall–Kier alpha value is -13.1. The van der Waals surface area contributed by atoms with Crippen molar-refractivity contribution < 1.29 is 44.9 Å². The van der Waals surface area contributed by atoms with Crippen molar-refractivity contribution in [2.75, 3.05) is 0 Å². The number of nitrogens with zero attached hydrogens (tertiary/aromatic N) is 15. The van der Waals surface area contributed by atoms with Crippen LogP contribution >= 0.6 is 0 Å². The van der Waals surface area contributed by atoms with E-state index >= 15 is 0 Å². The van der Waals surface area contributed by atoms with Gasteiger partial charge in [0.25, 0.3) is 29.1 Å². The summed E-state index contributed by atoms with van der Waals surface area (Å²) in [6, 6.07) is 63.3. The standard InChI is InChI=1S/2C20H22N3O.C19H20N3O.C18H18N3O.C17H16N3O/c1-13-10-11-16-18(21-12-24-16)17(13)19-22(5)14-8-6-7-9-15(14)23(19)20(2,3)4;1-13(2)11-23-16-8-6-5-7-15(16)22(4)20(23)18-14(3)9-10-17-19(18)21-12-24-17;1-12(2)22-15-8-6-5-7-14(15)21(4)19(22)17-13(3)9-10-16-18(17)20-11-23-16;1-4-21-14-8-6-5-7-13(14)20(3)18(21)16-12(2)9-10-15-17(16)19-11-22-15;1-11-8-9-14-16(18-10-21-14)15(11)17-19(2)12-6-4-5-7-13(12)20(17)3/h6-12H,1-5H3;5-10,12-13H,11H2,1-4H3;5-12H,1-4H3;5-11H,4H2,1-3H3;4-10H,1-3H3/q5*+1. The molecule has 0 amide bonds. The quantitative estimate of drug-likeness (QED) is 0.127. The van der Waals surface area contributed by atoms with Gasteiger partial charge in [-0.25, -0.2) is 70.6 Å². The lowest BCUT2D eigenvalue weighted by atomic mass is 10.0. The van der Waals surface area contributed by atoms with Gasteiger partial charge in [-0.15, -0.1) is 0 Å². The van der Waals surface area contributed by atoms with Crippen LogP contribution in [0, 0.1) is 40.5 Å². The summed E-state index contributed by atoms with van der Waals surface area (Å²) < 4.78 is 50.6. The molecule has 0 aliphatic rings. The third-order valence-corrected chi connectivity index (χ3v) is 22.2. The molecule has 0 saturated carbocycles. The Morgan fingerprint density at radius 2 is 0.614 bits per heavy atom. The largest absolute Gasteiger partial charge is 0.443 e. The maximum atomic E-state index is 5.54. The number of hydrogen-bond acceptors (Lipinski definition) is 10. The van der Waals surface area contributed by atoms with Crippen LogP contribution in [-0.2, 0) is 60.9 Å². The lowest BCUT2D eigenvalue weighted by Gasteiger charge is -2.19. The van der Waals surface area contributed by atoms with E-state index in [0.717, 1.165) is 108 Å². The molecule has 0 N–H and O–H groups in total. The van der Waals surface area contributed by atoms with Gasteiger partial charge in [-0.3, -0.25) is 0 Å². The van der Waals surface area contributed by atoms with E-state index in [4.69, 9.17) is 22.1 Å². The van der Waals surface area contributed by atoms with Gasteiger partial charge in [0, 0.05) is 0 Å². The van der Waals surface area contributed by atoms with Gasteiger partial charge < -0.3 is 22.1 Å². The van der Waals surface area contributed by atoms with Gasteiger partial charge in [-0.1, -0.05) is 105 Å². The highest BCUT2D eigenvalue weighted by atomic mass is 16.3. The molecule has 114 heavy (non-hydrogen) atoms. The first-order valence-electron chi connectivity index (χ1n) is 39.0. The smallest absolute Gasteiger partial charge is 0.292 e. The molecule has 10 heterocycles. The summed E-state index contributed by atoms with van der Waals surface area (Å²) in [5.74, 6) is 6.35. The summed E-state index contributed by atoms with van der Waals surface area (Å²) in [6.07, 6.45) is 7.61. The molecule has 0 spiro atoms. The summed E-state index contributed by atoms with van der Waals surface area (Å²) in [5.41, 5.74) is 32.6. The van der Waals surface area contributed by atoms with Gasteiger partial charge >= 0.3 is 0 Å². The molecular weight excluding hydrogens is 1420 g/mol. The Morgan fingerprint density at radius 1 is 0.333 bits per heavy atom.